The SMILES string of the molecule is Cc1cc(Oc2c(F)cccc2F)ncc1-n1ncc(C(=O)C2=Cc3cc(OCC(F)F)c(CC4CCN(S(C)(=O)=O)CC4)cc3C2)c1N. The second-order valence-corrected chi connectivity index (χ2v) is 14.1. The highest BCUT2D eigenvalue weighted by atomic mass is 32.2. The van der Waals surface area contributed by atoms with Crippen molar-refractivity contribution in [1.29, 1.82) is 0 Å². The molecule has 0 saturated carbocycles. The first-order valence-electron chi connectivity index (χ1n) is 15.5. The van der Waals surface area contributed by atoms with Crippen LogP contribution in [0.15, 0.2) is 54.4 Å². The van der Waals surface area contributed by atoms with Crippen LogP contribution in [0.25, 0.3) is 11.8 Å². The average molecular weight is 700 g/mol. The van der Waals surface area contributed by atoms with Crippen LogP contribution in [0.4, 0.5) is 23.4 Å². The number of hydrogen-bond donors (Lipinski definition) is 1. The van der Waals surface area contributed by atoms with E-state index in [1.165, 1.54) is 39.8 Å². The van der Waals surface area contributed by atoms with E-state index in [0.717, 1.165) is 23.3 Å². The summed E-state index contributed by atoms with van der Waals surface area (Å²) in [7, 11) is -3.29. The molecular weight excluding hydrogens is 666 g/mol. The summed E-state index contributed by atoms with van der Waals surface area (Å²) in [6, 6.07) is 8.34. The summed E-state index contributed by atoms with van der Waals surface area (Å²) >= 11 is 0. The molecule has 2 N–H and O–H groups in total. The van der Waals surface area contributed by atoms with Crippen LogP contribution in [0.1, 0.15) is 45.5 Å². The number of rotatable bonds is 11. The van der Waals surface area contributed by atoms with E-state index < -0.39 is 40.4 Å². The lowest BCUT2D eigenvalue weighted by Gasteiger charge is -2.30. The quantitative estimate of drug-likeness (QED) is 0.151. The van der Waals surface area contributed by atoms with E-state index in [4.69, 9.17) is 15.2 Å². The van der Waals surface area contributed by atoms with Crippen molar-refractivity contribution < 1.29 is 40.2 Å². The Bertz CT molecular complexity index is 2040. The molecule has 0 radical (unpaired) electrons. The Balaban J connectivity index is 1.20. The topological polar surface area (TPSA) is 130 Å². The zero-order chi connectivity index (χ0) is 35.0. The summed E-state index contributed by atoms with van der Waals surface area (Å²) in [5.74, 6) is -2.31. The molecule has 2 aliphatic rings. The number of nitrogens with zero attached hydrogens (tertiary/aromatic N) is 4. The molecule has 3 heterocycles. The normalized spacial score (nSPS) is 15.4. The fraction of sp³-hybridized carbons (Fsp3) is 0.324. The number of carbonyl (C=O) groups excluding carboxylic acids is 1. The minimum Gasteiger partial charge on any atom is -0.487 e. The molecule has 0 spiro atoms. The van der Waals surface area contributed by atoms with Crippen LogP contribution in [0.3, 0.4) is 0 Å². The Morgan fingerprint density at radius 1 is 1.10 bits per heavy atom. The minimum absolute atomic E-state index is 0.0441. The van der Waals surface area contributed by atoms with Gasteiger partial charge in [0, 0.05) is 31.1 Å². The molecule has 1 aliphatic heterocycles. The number of Topliss-reactive ketones (excluding diaryl/α,β-unsaturated/α-hetero) is 1. The number of ether oxygens (including phenoxy) is 2. The van der Waals surface area contributed by atoms with Gasteiger partial charge < -0.3 is 15.2 Å². The third-order valence-corrected chi connectivity index (χ3v) is 10.0. The molecule has 1 saturated heterocycles. The van der Waals surface area contributed by atoms with Gasteiger partial charge in [0.2, 0.25) is 21.7 Å². The van der Waals surface area contributed by atoms with E-state index in [2.05, 4.69) is 10.1 Å². The van der Waals surface area contributed by atoms with Crippen molar-refractivity contribution in [3.8, 4) is 23.1 Å². The lowest BCUT2D eigenvalue weighted by molar-refractivity contribution is 0.0812. The molecule has 0 atom stereocenters. The van der Waals surface area contributed by atoms with E-state index in [-0.39, 0.29) is 35.4 Å². The van der Waals surface area contributed by atoms with Crippen molar-refractivity contribution in [2.45, 2.75) is 39.0 Å². The van der Waals surface area contributed by atoms with Crippen LogP contribution in [-0.2, 0) is 22.9 Å². The largest absolute Gasteiger partial charge is 0.487 e. The second-order valence-electron chi connectivity index (χ2n) is 12.2. The summed E-state index contributed by atoms with van der Waals surface area (Å²) < 4.78 is 91.8. The van der Waals surface area contributed by atoms with Crippen LogP contribution in [0.2, 0.25) is 0 Å². The number of nitrogens with two attached hydrogens (primary N) is 1. The number of benzene rings is 2. The fourth-order valence-corrected chi connectivity index (χ4v) is 7.03. The molecule has 0 amide bonds. The monoisotopic (exact) mass is 699 g/mol. The molecule has 0 unspecified atom stereocenters. The first-order chi connectivity index (χ1) is 23.3. The molecule has 4 aromatic rings. The number of pyridine rings is 1. The number of carbonyl (C=O) groups is 1. The fourth-order valence-electron chi connectivity index (χ4n) is 6.15. The van der Waals surface area contributed by atoms with Crippen molar-refractivity contribution in [3.63, 3.8) is 0 Å². The van der Waals surface area contributed by atoms with Crippen LogP contribution in [0, 0.1) is 24.5 Å². The van der Waals surface area contributed by atoms with Gasteiger partial charge in [0.15, 0.2) is 17.4 Å². The maximum absolute atomic E-state index is 14.1. The van der Waals surface area contributed by atoms with Gasteiger partial charge in [-0.3, -0.25) is 4.79 Å². The Hall–Kier alpha value is -4.76. The zero-order valence-electron chi connectivity index (χ0n) is 26.6. The zero-order valence-corrected chi connectivity index (χ0v) is 27.4. The third-order valence-electron chi connectivity index (χ3n) is 8.70. The molecule has 1 aliphatic carbocycles. The number of para-hydroxylation sites is 1. The van der Waals surface area contributed by atoms with Gasteiger partial charge in [-0.25, -0.2) is 40.0 Å². The molecule has 2 aromatic heterocycles. The van der Waals surface area contributed by atoms with Crippen molar-refractivity contribution >= 4 is 27.7 Å². The Kier molecular flexibility index (Phi) is 9.49. The van der Waals surface area contributed by atoms with Crippen molar-refractivity contribution in [1.82, 2.24) is 19.1 Å². The van der Waals surface area contributed by atoms with Crippen LogP contribution in [-0.4, -0.2) is 65.6 Å². The van der Waals surface area contributed by atoms with Crippen molar-refractivity contribution in [3.05, 3.63) is 93.8 Å². The number of aryl methyl sites for hydroxylation is 1. The number of aromatic nitrogens is 3. The number of hydrogen-bond acceptors (Lipinski definition) is 8. The maximum atomic E-state index is 14.1. The summed E-state index contributed by atoms with van der Waals surface area (Å²) in [5.41, 5.74) is 10.1. The molecule has 15 heteroatoms. The minimum atomic E-state index is -3.29. The van der Waals surface area contributed by atoms with Gasteiger partial charge in [-0.15, -0.1) is 0 Å². The molecular formula is C34H33F4N5O5S. The molecule has 49 heavy (non-hydrogen) atoms. The highest BCUT2D eigenvalue weighted by Gasteiger charge is 2.29. The van der Waals surface area contributed by atoms with Gasteiger partial charge in [-0.05, 0) is 78.6 Å². The number of piperidine rings is 1. The van der Waals surface area contributed by atoms with Gasteiger partial charge in [-0.1, -0.05) is 12.1 Å². The number of allylic oxidation sites excluding steroid dienone is 1. The molecule has 0 bridgehead atoms. The van der Waals surface area contributed by atoms with Gasteiger partial charge in [0.25, 0.3) is 6.43 Å². The third kappa shape index (κ3) is 7.32. The number of halogens is 4. The lowest BCUT2D eigenvalue weighted by Crippen LogP contribution is -2.38. The predicted molar refractivity (Wildman–Crippen MR) is 174 cm³/mol. The van der Waals surface area contributed by atoms with Gasteiger partial charge in [0.1, 0.15) is 18.2 Å². The molecule has 258 valence electrons. The van der Waals surface area contributed by atoms with E-state index in [0.29, 0.717) is 60.5 Å². The van der Waals surface area contributed by atoms with E-state index in [1.807, 2.05) is 6.07 Å². The van der Waals surface area contributed by atoms with E-state index in [9.17, 15) is 30.8 Å². The maximum Gasteiger partial charge on any atom is 0.272 e. The molecule has 2 aromatic carbocycles. The Morgan fingerprint density at radius 2 is 1.82 bits per heavy atom. The van der Waals surface area contributed by atoms with Crippen molar-refractivity contribution in [2.24, 2.45) is 5.92 Å². The highest BCUT2D eigenvalue weighted by Crippen LogP contribution is 2.37. The van der Waals surface area contributed by atoms with E-state index in [1.54, 1.807) is 19.1 Å². The number of nitrogen functional groups attached to an aromatic ring is 1. The number of ketones is 1. The van der Waals surface area contributed by atoms with Crippen LogP contribution in [0.5, 0.6) is 17.4 Å². The average Bonchev–Trinajstić information content (AvgIpc) is 3.64. The standard InChI is InChI=1S/C34H33F4N5O5S/c1-19-10-31(48-33-26(35)4-3-5-27(33)36)40-17-28(19)43-34(39)25(16-41-43)32(44)24-13-21-12-23(29(15-22(21)14-24)47-18-30(37)38)11-20-6-8-42(9-7-20)49(2,45)46/h3-5,10,12,14-17,20,30H,6-9,11,13,18,39H2,1-2H3. The van der Waals surface area contributed by atoms with Crippen molar-refractivity contribution in [2.75, 3.05) is 31.7 Å². The summed E-state index contributed by atoms with van der Waals surface area (Å²) in [6.07, 6.45) is 4.91. The highest BCUT2D eigenvalue weighted by molar-refractivity contribution is 7.88. The van der Waals surface area contributed by atoms with E-state index >= 15 is 0 Å². The number of anilines is 1. The molecule has 10 nitrogen and oxygen atoms in total. The second kappa shape index (κ2) is 13.6. The van der Waals surface area contributed by atoms with Crippen LogP contribution >= 0.6 is 0 Å². The predicted octanol–water partition coefficient (Wildman–Crippen LogP) is 5.91. The van der Waals surface area contributed by atoms with Gasteiger partial charge >= 0.3 is 0 Å². The van der Waals surface area contributed by atoms with Gasteiger partial charge in [-0.2, -0.15) is 5.10 Å². The lowest BCUT2D eigenvalue weighted by atomic mass is 9.89. The number of alkyl halides is 2. The molecule has 1 fully saturated rings. The van der Waals surface area contributed by atoms with Crippen LogP contribution < -0.4 is 15.2 Å². The summed E-state index contributed by atoms with van der Waals surface area (Å²) in [6.45, 7) is 1.68. The Morgan fingerprint density at radius 3 is 2.47 bits per heavy atom. The summed E-state index contributed by atoms with van der Waals surface area (Å²) in [5, 5.41) is 4.30. The number of fused-ring (bicyclic) bond motifs is 1. The first kappa shape index (κ1) is 34.1. The summed E-state index contributed by atoms with van der Waals surface area (Å²) in [4.78, 5) is 17.8. The number of sulfonamides is 1. The van der Waals surface area contributed by atoms with Gasteiger partial charge in [0.05, 0.1) is 29.9 Å². The first-order valence-corrected chi connectivity index (χ1v) is 17.3. The smallest absolute Gasteiger partial charge is 0.272 e. The Labute approximate surface area is 280 Å². The molecule has 6 rings (SSSR count).